The van der Waals surface area contributed by atoms with E-state index in [2.05, 4.69) is 26.3 Å². The third kappa shape index (κ3) is 4.97. The van der Waals surface area contributed by atoms with E-state index in [1.165, 1.54) is 38.5 Å². The van der Waals surface area contributed by atoms with E-state index < -0.39 is 0 Å². The first-order valence-corrected chi connectivity index (χ1v) is 6.09. The van der Waals surface area contributed by atoms with Gasteiger partial charge in [-0.05, 0) is 38.5 Å². The Morgan fingerprint density at radius 1 is 1.14 bits per heavy atom. The molecule has 1 N–H and O–H groups in total. The third-order valence-corrected chi connectivity index (χ3v) is 2.92. The highest BCUT2D eigenvalue weighted by atomic mass is 16.7. The third-order valence-electron chi connectivity index (χ3n) is 2.92. The monoisotopic (exact) mass is 199 g/mol. The Morgan fingerprint density at radius 2 is 1.79 bits per heavy atom. The number of rotatable bonds is 6. The highest BCUT2D eigenvalue weighted by Gasteiger charge is 2.16. The lowest BCUT2D eigenvalue weighted by molar-refractivity contribution is -0.0389. The minimum absolute atomic E-state index is 0.483. The van der Waals surface area contributed by atoms with E-state index in [-0.39, 0.29) is 0 Å². The largest absolute Gasteiger partial charge is 0.298 e. The summed E-state index contributed by atoms with van der Waals surface area (Å²) in [5, 5.41) is 0. The molecule has 1 rings (SSSR count). The van der Waals surface area contributed by atoms with Crippen LogP contribution in [0.15, 0.2) is 0 Å². The summed E-state index contributed by atoms with van der Waals surface area (Å²) in [6.07, 6.45) is 8.14. The summed E-state index contributed by atoms with van der Waals surface area (Å²) in [6.45, 7) is 6.74. The Morgan fingerprint density at radius 3 is 2.36 bits per heavy atom. The Labute approximate surface area is 88.4 Å². The van der Waals surface area contributed by atoms with E-state index in [1.807, 2.05) is 0 Å². The summed E-state index contributed by atoms with van der Waals surface area (Å²) < 4.78 is 0. The molecule has 0 heterocycles. The fourth-order valence-electron chi connectivity index (χ4n) is 1.86. The molecule has 1 atom stereocenters. The molecule has 1 aliphatic rings. The van der Waals surface area contributed by atoms with Crippen molar-refractivity contribution in [3.8, 4) is 0 Å². The van der Waals surface area contributed by atoms with Crippen molar-refractivity contribution >= 4 is 0 Å². The highest BCUT2D eigenvalue weighted by Crippen LogP contribution is 2.20. The Kier molecular flexibility index (Phi) is 5.49. The van der Waals surface area contributed by atoms with E-state index in [1.54, 1.807) is 0 Å². The van der Waals surface area contributed by atoms with Gasteiger partial charge in [0.1, 0.15) is 0 Å². The standard InChI is InChI=1S/C12H25NO/c1-10(2)8-9-11(3)13-14-12-6-4-5-7-12/h10-13H,4-9H2,1-3H3. The SMILES string of the molecule is CC(C)CCC(C)NOC1CCCC1. The number of hydrogen-bond donors (Lipinski definition) is 1. The maximum atomic E-state index is 5.65. The maximum Gasteiger partial charge on any atom is 0.0790 e. The van der Waals surface area contributed by atoms with Crippen molar-refractivity contribution in [3.05, 3.63) is 0 Å². The van der Waals surface area contributed by atoms with Crippen molar-refractivity contribution in [1.82, 2.24) is 5.48 Å². The summed E-state index contributed by atoms with van der Waals surface area (Å²) in [5.41, 5.74) is 3.18. The topological polar surface area (TPSA) is 21.3 Å². The molecule has 0 aromatic heterocycles. The maximum absolute atomic E-state index is 5.65. The van der Waals surface area contributed by atoms with Gasteiger partial charge in [0.05, 0.1) is 6.10 Å². The Bertz CT molecular complexity index is 141. The van der Waals surface area contributed by atoms with Crippen molar-refractivity contribution in [2.24, 2.45) is 5.92 Å². The molecule has 0 radical (unpaired) electrons. The van der Waals surface area contributed by atoms with Crippen molar-refractivity contribution in [2.45, 2.75) is 71.4 Å². The van der Waals surface area contributed by atoms with Gasteiger partial charge in [0, 0.05) is 6.04 Å². The van der Waals surface area contributed by atoms with Crippen LogP contribution in [0.3, 0.4) is 0 Å². The van der Waals surface area contributed by atoms with Crippen LogP contribution in [-0.4, -0.2) is 12.1 Å². The molecule has 0 saturated heterocycles. The molecule has 0 aromatic rings. The fourth-order valence-corrected chi connectivity index (χ4v) is 1.86. The van der Waals surface area contributed by atoms with Crippen LogP contribution in [-0.2, 0) is 4.84 Å². The van der Waals surface area contributed by atoms with Gasteiger partial charge < -0.3 is 0 Å². The number of hydroxylamine groups is 1. The normalized spacial score (nSPS) is 20.6. The predicted octanol–water partition coefficient (Wildman–Crippen LogP) is 3.27. The summed E-state index contributed by atoms with van der Waals surface area (Å²) in [7, 11) is 0. The van der Waals surface area contributed by atoms with Gasteiger partial charge >= 0.3 is 0 Å². The van der Waals surface area contributed by atoms with Crippen LogP contribution in [0, 0.1) is 5.92 Å². The van der Waals surface area contributed by atoms with Crippen molar-refractivity contribution in [1.29, 1.82) is 0 Å². The zero-order chi connectivity index (χ0) is 10.4. The first-order valence-electron chi connectivity index (χ1n) is 6.09. The van der Waals surface area contributed by atoms with Gasteiger partial charge in [-0.3, -0.25) is 4.84 Å². The molecule has 84 valence electrons. The van der Waals surface area contributed by atoms with E-state index in [4.69, 9.17) is 4.84 Å². The molecule has 0 aliphatic heterocycles. The van der Waals surface area contributed by atoms with Crippen molar-refractivity contribution in [2.75, 3.05) is 0 Å². The lowest BCUT2D eigenvalue weighted by Crippen LogP contribution is -2.30. The lowest BCUT2D eigenvalue weighted by Gasteiger charge is -2.18. The molecule has 1 aliphatic carbocycles. The van der Waals surface area contributed by atoms with Crippen LogP contribution < -0.4 is 5.48 Å². The number of nitrogens with one attached hydrogen (secondary N) is 1. The quantitative estimate of drug-likeness (QED) is 0.663. The first-order chi connectivity index (χ1) is 6.68. The zero-order valence-corrected chi connectivity index (χ0v) is 9.88. The Hall–Kier alpha value is -0.0800. The van der Waals surface area contributed by atoms with Gasteiger partial charge in [0.2, 0.25) is 0 Å². The van der Waals surface area contributed by atoms with E-state index in [0.717, 1.165) is 5.92 Å². The number of hydrogen-bond acceptors (Lipinski definition) is 2. The van der Waals surface area contributed by atoms with Crippen LogP contribution in [0.5, 0.6) is 0 Å². The van der Waals surface area contributed by atoms with Crippen LogP contribution in [0.1, 0.15) is 59.3 Å². The van der Waals surface area contributed by atoms with Gasteiger partial charge in [0.15, 0.2) is 0 Å². The average molecular weight is 199 g/mol. The molecule has 0 bridgehead atoms. The molecule has 1 fully saturated rings. The molecule has 0 aromatic carbocycles. The van der Waals surface area contributed by atoms with Crippen LogP contribution >= 0.6 is 0 Å². The Balaban J connectivity index is 1.99. The molecule has 0 amide bonds. The molecular weight excluding hydrogens is 174 g/mol. The highest BCUT2D eigenvalue weighted by molar-refractivity contribution is 4.66. The molecule has 14 heavy (non-hydrogen) atoms. The van der Waals surface area contributed by atoms with Gasteiger partial charge in [-0.25, -0.2) is 0 Å². The molecule has 0 spiro atoms. The second-order valence-corrected chi connectivity index (χ2v) is 5.01. The molecule has 2 nitrogen and oxygen atoms in total. The van der Waals surface area contributed by atoms with Gasteiger partial charge in [-0.15, -0.1) is 0 Å². The van der Waals surface area contributed by atoms with Crippen molar-refractivity contribution in [3.63, 3.8) is 0 Å². The van der Waals surface area contributed by atoms with Crippen LogP contribution in [0.4, 0.5) is 0 Å². The smallest absolute Gasteiger partial charge is 0.0790 e. The van der Waals surface area contributed by atoms with E-state index in [9.17, 15) is 0 Å². The minimum Gasteiger partial charge on any atom is -0.298 e. The van der Waals surface area contributed by atoms with E-state index >= 15 is 0 Å². The summed E-state index contributed by atoms with van der Waals surface area (Å²) in [4.78, 5) is 5.65. The average Bonchev–Trinajstić information content (AvgIpc) is 2.63. The van der Waals surface area contributed by atoms with Crippen LogP contribution in [0.2, 0.25) is 0 Å². The molecular formula is C12H25NO. The lowest BCUT2D eigenvalue weighted by atomic mass is 10.1. The summed E-state index contributed by atoms with van der Waals surface area (Å²) >= 11 is 0. The zero-order valence-electron chi connectivity index (χ0n) is 9.88. The second kappa shape index (κ2) is 6.41. The molecule has 2 heteroatoms. The molecule has 1 saturated carbocycles. The molecule has 1 unspecified atom stereocenters. The predicted molar refractivity (Wildman–Crippen MR) is 60.0 cm³/mol. The van der Waals surface area contributed by atoms with Gasteiger partial charge in [-0.1, -0.05) is 26.7 Å². The minimum atomic E-state index is 0.483. The second-order valence-electron chi connectivity index (χ2n) is 5.01. The summed E-state index contributed by atoms with van der Waals surface area (Å²) in [6, 6.07) is 0.498. The fraction of sp³-hybridized carbons (Fsp3) is 1.00. The van der Waals surface area contributed by atoms with Crippen molar-refractivity contribution < 1.29 is 4.84 Å². The van der Waals surface area contributed by atoms with Gasteiger partial charge in [0.25, 0.3) is 0 Å². The van der Waals surface area contributed by atoms with E-state index in [0.29, 0.717) is 12.1 Å². The van der Waals surface area contributed by atoms with Gasteiger partial charge in [-0.2, -0.15) is 5.48 Å². The van der Waals surface area contributed by atoms with Crippen LogP contribution in [0.25, 0.3) is 0 Å². The summed E-state index contributed by atoms with van der Waals surface area (Å²) in [5.74, 6) is 0.797. The first kappa shape index (κ1) is 12.0.